The monoisotopic (exact) mass is 399 g/mol. The highest BCUT2D eigenvalue weighted by Crippen LogP contribution is 2.37. The fourth-order valence-electron chi connectivity index (χ4n) is 2.56. The van der Waals surface area contributed by atoms with Gasteiger partial charge in [0.2, 0.25) is 0 Å². The molecule has 0 heterocycles. The van der Waals surface area contributed by atoms with E-state index in [0.717, 1.165) is 11.1 Å². The zero-order valence-corrected chi connectivity index (χ0v) is 19.0. The highest BCUT2D eigenvalue weighted by atomic mass is 16.3. The Bertz CT molecular complexity index is 889. The number of hydrogen-bond donors (Lipinski definition) is 2. The zero-order valence-electron chi connectivity index (χ0n) is 19.0. The van der Waals surface area contributed by atoms with E-state index in [-0.39, 0.29) is 33.7 Å². The van der Waals surface area contributed by atoms with Gasteiger partial charge in [0.05, 0.1) is 11.8 Å². The van der Waals surface area contributed by atoms with Crippen LogP contribution < -0.4 is 0 Å². The first-order valence-corrected chi connectivity index (χ1v) is 9.55. The van der Waals surface area contributed by atoms with Crippen LogP contribution in [-0.2, 0) is 15.6 Å². The summed E-state index contributed by atoms with van der Waals surface area (Å²) in [7, 11) is 0. The number of Topliss-reactive ketones (excluding diaryl/α,β-unsaturated/α-hetero) is 1. The molecule has 0 fully saturated rings. The molecule has 0 aromatic heterocycles. The highest BCUT2D eigenvalue weighted by molar-refractivity contribution is 6.14. The van der Waals surface area contributed by atoms with Crippen LogP contribution in [0.5, 0.6) is 5.75 Å². The predicted octanol–water partition coefficient (Wildman–Crippen LogP) is 5.23. The molecule has 0 aliphatic heterocycles. The summed E-state index contributed by atoms with van der Waals surface area (Å²) in [6, 6.07) is 3.95. The third-order valence-electron chi connectivity index (χ3n) is 4.36. The van der Waals surface area contributed by atoms with Crippen molar-refractivity contribution in [2.24, 2.45) is 15.2 Å². The van der Waals surface area contributed by atoms with E-state index in [2.05, 4.69) is 56.7 Å². The van der Waals surface area contributed by atoms with Gasteiger partial charge in [0.15, 0.2) is 5.78 Å². The fourth-order valence-corrected chi connectivity index (χ4v) is 2.56. The molecule has 1 rings (SSSR count). The molecule has 0 atom stereocenters. The minimum atomic E-state index is -0.288. The lowest BCUT2D eigenvalue weighted by Crippen LogP contribution is -2.17. The van der Waals surface area contributed by atoms with Gasteiger partial charge in [0.1, 0.15) is 17.3 Å². The number of aromatic hydroxyl groups is 1. The second-order valence-electron chi connectivity index (χ2n) is 9.17. The number of allylic oxidation sites excluding steroid dienone is 2. The van der Waals surface area contributed by atoms with Gasteiger partial charge in [0, 0.05) is 17.3 Å². The lowest BCUT2D eigenvalue weighted by atomic mass is 9.79. The molecule has 0 spiro atoms. The summed E-state index contributed by atoms with van der Waals surface area (Å²) in [5, 5.41) is 28.3. The molecule has 1 aromatic carbocycles. The number of rotatable bonds is 4. The SMILES string of the molecule is CC(=O)C(C=N/C(C)=N\N=C\c1cc(C(C)(C)C)cc(C(C)(C)C)c1O)=C(C)O. The maximum absolute atomic E-state index is 11.5. The van der Waals surface area contributed by atoms with Gasteiger partial charge in [-0.2, -0.15) is 5.10 Å². The van der Waals surface area contributed by atoms with E-state index >= 15 is 0 Å². The molecular weight excluding hydrogens is 366 g/mol. The Morgan fingerprint density at radius 1 is 1.00 bits per heavy atom. The summed E-state index contributed by atoms with van der Waals surface area (Å²) in [4.78, 5) is 15.5. The van der Waals surface area contributed by atoms with Gasteiger partial charge in [0.25, 0.3) is 0 Å². The van der Waals surface area contributed by atoms with Crippen LogP contribution in [-0.4, -0.2) is 34.3 Å². The molecule has 0 saturated heterocycles. The maximum Gasteiger partial charge on any atom is 0.164 e. The van der Waals surface area contributed by atoms with Gasteiger partial charge >= 0.3 is 0 Å². The van der Waals surface area contributed by atoms with Crippen molar-refractivity contribution < 1.29 is 15.0 Å². The summed E-state index contributed by atoms with van der Waals surface area (Å²) in [6.07, 6.45) is 2.76. The molecule has 0 aliphatic rings. The molecule has 0 aliphatic carbocycles. The summed E-state index contributed by atoms with van der Waals surface area (Å²) >= 11 is 0. The number of nitrogens with zero attached hydrogens (tertiary/aromatic N) is 3. The van der Waals surface area contributed by atoms with Crippen molar-refractivity contribution in [1.29, 1.82) is 0 Å². The Kier molecular flexibility index (Phi) is 7.67. The van der Waals surface area contributed by atoms with Crippen molar-refractivity contribution in [3.63, 3.8) is 0 Å². The maximum atomic E-state index is 11.5. The predicted molar refractivity (Wildman–Crippen MR) is 121 cm³/mol. The zero-order chi connectivity index (χ0) is 22.6. The number of aliphatic hydroxyl groups is 1. The number of phenols is 1. The van der Waals surface area contributed by atoms with E-state index in [9.17, 15) is 15.0 Å². The summed E-state index contributed by atoms with van der Waals surface area (Å²) < 4.78 is 0. The van der Waals surface area contributed by atoms with Crippen LogP contribution in [0.15, 0.2) is 38.7 Å². The molecular formula is C23H33N3O3. The van der Waals surface area contributed by atoms with Gasteiger partial charge in [-0.1, -0.05) is 47.6 Å². The van der Waals surface area contributed by atoms with E-state index in [4.69, 9.17) is 0 Å². The Balaban J connectivity index is 3.29. The average Bonchev–Trinajstić information content (AvgIpc) is 2.53. The van der Waals surface area contributed by atoms with Gasteiger partial charge in [-0.05, 0) is 43.2 Å². The van der Waals surface area contributed by atoms with Gasteiger partial charge in [-0.25, -0.2) is 4.99 Å². The van der Waals surface area contributed by atoms with Gasteiger partial charge in [-0.15, -0.1) is 5.10 Å². The topological polar surface area (TPSA) is 94.6 Å². The number of carbonyl (C=O) groups excluding carboxylic acids is 1. The molecule has 29 heavy (non-hydrogen) atoms. The molecule has 6 nitrogen and oxygen atoms in total. The second-order valence-corrected chi connectivity index (χ2v) is 9.17. The molecule has 0 amide bonds. The molecule has 158 valence electrons. The van der Waals surface area contributed by atoms with Crippen LogP contribution in [0.3, 0.4) is 0 Å². The van der Waals surface area contributed by atoms with Crippen molar-refractivity contribution in [2.45, 2.75) is 73.1 Å². The Labute approximate surface area is 173 Å². The van der Waals surface area contributed by atoms with Crippen molar-refractivity contribution in [3.05, 3.63) is 40.2 Å². The first-order chi connectivity index (χ1) is 13.1. The first kappa shape index (κ1) is 24.3. The number of aliphatic hydroxyl groups excluding tert-OH is 1. The largest absolute Gasteiger partial charge is 0.512 e. The highest BCUT2D eigenvalue weighted by Gasteiger charge is 2.24. The third-order valence-corrected chi connectivity index (χ3v) is 4.36. The van der Waals surface area contributed by atoms with Crippen molar-refractivity contribution in [3.8, 4) is 5.75 Å². The van der Waals surface area contributed by atoms with E-state index in [1.165, 1.54) is 26.3 Å². The second kappa shape index (κ2) is 9.16. The van der Waals surface area contributed by atoms with Crippen LogP contribution in [0.1, 0.15) is 79.0 Å². The lowest BCUT2D eigenvalue weighted by Gasteiger charge is -2.26. The van der Waals surface area contributed by atoms with E-state index in [1.807, 2.05) is 12.1 Å². The quantitative estimate of drug-likeness (QED) is 0.238. The Hall–Kier alpha value is -2.76. The third kappa shape index (κ3) is 6.97. The Morgan fingerprint density at radius 3 is 2.03 bits per heavy atom. The van der Waals surface area contributed by atoms with E-state index in [0.29, 0.717) is 11.4 Å². The van der Waals surface area contributed by atoms with Gasteiger partial charge < -0.3 is 10.2 Å². The molecule has 0 bridgehead atoms. The number of ketones is 1. The average molecular weight is 400 g/mol. The van der Waals surface area contributed by atoms with Crippen molar-refractivity contribution in [2.75, 3.05) is 0 Å². The van der Waals surface area contributed by atoms with Crippen LogP contribution in [0.2, 0.25) is 0 Å². The minimum Gasteiger partial charge on any atom is -0.512 e. The van der Waals surface area contributed by atoms with Crippen LogP contribution >= 0.6 is 0 Å². The first-order valence-electron chi connectivity index (χ1n) is 9.55. The molecule has 0 saturated carbocycles. The number of amidine groups is 1. The number of benzene rings is 1. The van der Waals surface area contributed by atoms with Crippen molar-refractivity contribution in [1.82, 2.24) is 0 Å². The van der Waals surface area contributed by atoms with Crippen LogP contribution in [0, 0.1) is 0 Å². The standard InChI is InChI=1S/C23H33N3O3/c1-14(27)19(15(2)28)13-24-16(3)26-25-12-17-10-18(22(4,5)6)11-20(21(17)29)23(7,8)9/h10-13,27,29H,1-9H3/b19-14?,24-13?,25-12+,26-16-. The molecule has 1 aromatic rings. The number of carbonyl (C=O) groups is 1. The number of aliphatic imine (C=N–C) groups is 1. The summed E-state index contributed by atoms with van der Waals surface area (Å²) in [6.45, 7) is 16.9. The smallest absolute Gasteiger partial charge is 0.164 e. The molecule has 0 unspecified atom stereocenters. The molecule has 6 heteroatoms. The van der Waals surface area contributed by atoms with Crippen molar-refractivity contribution >= 4 is 24.0 Å². The van der Waals surface area contributed by atoms with E-state index in [1.54, 1.807) is 6.92 Å². The van der Waals surface area contributed by atoms with Crippen LogP contribution in [0.4, 0.5) is 0 Å². The number of phenolic OH excluding ortho intramolecular Hbond substituents is 1. The Morgan fingerprint density at radius 2 is 1.59 bits per heavy atom. The van der Waals surface area contributed by atoms with Gasteiger partial charge in [-0.3, -0.25) is 4.79 Å². The van der Waals surface area contributed by atoms with Crippen LogP contribution in [0.25, 0.3) is 0 Å². The minimum absolute atomic E-state index is 0.0860. The normalized spacial score (nSPS) is 14.6. The summed E-state index contributed by atoms with van der Waals surface area (Å²) in [5.74, 6) is 0.104. The fraction of sp³-hybridized carbons (Fsp3) is 0.478. The number of hydrogen-bond acceptors (Lipinski definition) is 5. The lowest BCUT2D eigenvalue weighted by molar-refractivity contribution is -0.113. The molecule has 2 N–H and O–H groups in total. The summed E-state index contributed by atoms with van der Waals surface area (Å²) in [5.41, 5.74) is 2.33. The molecule has 0 radical (unpaired) electrons. The van der Waals surface area contributed by atoms with E-state index < -0.39 is 0 Å².